The third-order valence-corrected chi connectivity index (χ3v) is 7.40. The molecule has 0 N–H and O–H groups in total. The number of alkyl halides is 2. The van der Waals surface area contributed by atoms with Crippen molar-refractivity contribution < 1.29 is 36.3 Å². The number of Topliss-reactive ketones (excluding diaryl/α,β-unsaturated/α-hetero) is 1. The molecule has 3 saturated carbocycles. The van der Waals surface area contributed by atoms with Gasteiger partial charge in [-0.05, 0) is 37.0 Å². The Balaban J connectivity index is 1.82. The van der Waals surface area contributed by atoms with Crippen LogP contribution in [0.3, 0.4) is 0 Å². The highest BCUT2D eigenvalue weighted by atomic mass is 32.2. The second-order valence-electron chi connectivity index (χ2n) is 7.32. The normalized spacial score (nSPS) is 29.6. The number of methoxy groups -OCH3 is 1. The summed E-state index contributed by atoms with van der Waals surface area (Å²) in [5.74, 6) is -7.02. The zero-order valence-corrected chi connectivity index (χ0v) is 15.6. The number of rotatable bonds is 4. The van der Waals surface area contributed by atoms with E-state index in [2.05, 4.69) is 0 Å². The summed E-state index contributed by atoms with van der Waals surface area (Å²) in [6, 6.07) is 2.93. The molecule has 0 radical (unpaired) electrons. The summed E-state index contributed by atoms with van der Waals surface area (Å²) in [5, 5.41) is 0. The number of ether oxygens (including phenoxy) is 1. The van der Waals surface area contributed by atoms with Crippen molar-refractivity contribution in [1.82, 2.24) is 0 Å². The molecule has 0 spiro atoms. The summed E-state index contributed by atoms with van der Waals surface area (Å²) in [6.45, 7) is 0. The summed E-state index contributed by atoms with van der Waals surface area (Å²) >= 11 is 0. The number of sulfone groups is 1. The number of anilines is 1. The number of nitrogens with zero attached hydrogens (tertiary/aromatic N) is 1. The fourth-order valence-electron chi connectivity index (χ4n) is 4.75. The van der Waals surface area contributed by atoms with E-state index in [9.17, 15) is 31.6 Å². The minimum absolute atomic E-state index is 0.00670. The maximum atomic E-state index is 13.1. The maximum Gasteiger partial charge on any atom is 0.341 e. The van der Waals surface area contributed by atoms with Crippen LogP contribution in [0.1, 0.15) is 19.3 Å². The highest BCUT2D eigenvalue weighted by molar-refractivity contribution is 7.91. The van der Waals surface area contributed by atoms with Crippen LogP contribution in [0, 0.1) is 23.7 Å². The van der Waals surface area contributed by atoms with Crippen molar-refractivity contribution >= 4 is 33.1 Å². The molecular weight excluding hydrogens is 396 g/mol. The fraction of sp³-hybridized carbons (Fsp3) is 0.500. The number of halogens is 2. The maximum absolute atomic E-state index is 13.1. The zero-order chi connectivity index (χ0) is 20.4. The van der Waals surface area contributed by atoms with Crippen LogP contribution in [0.5, 0.6) is 5.75 Å². The minimum atomic E-state index is -4.92. The van der Waals surface area contributed by atoms with Gasteiger partial charge in [0.1, 0.15) is 11.5 Å². The molecule has 1 saturated heterocycles. The molecule has 4 fully saturated rings. The molecule has 0 aromatic heterocycles. The second-order valence-corrected chi connectivity index (χ2v) is 9.23. The smallest absolute Gasteiger partial charge is 0.341 e. The van der Waals surface area contributed by atoms with Gasteiger partial charge in [-0.3, -0.25) is 14.4 Å². The first-order valence-corrected chi connectivity index (χ1v) is 10.3. The summed E-state index contributed by atoms with van der Waals surface area (Å²) in [5.41, 5.74) is -0.194. The van der Waals surface area contributed by atoms with Crippen molar-refractivity contribution in [2.75, 3.05) is 12.0 Å². The van der Waals surface area contributed by atoms with E-state index in [1.807, 2.05) is 0 Å². The quantitative estimate of drug-likeness (QED) is 0.698. The van der Waals surface area contributed by atoms with E-state index in [-0.39, 0.29) is 29.6 Å². The van der Waals surface area contributed by atoms with Gasteiger partial charge in [0.25, 0.3) is 0 Å². The molecule has 7 nitrogen and oxygen atoms in total. The lowest BCUT2D eigenvalue weighted by molar-refractivity contribution is -0.143. The number of benzene rings is 1. The van der Waals surface area contributed by atoms with Crippen LogP contribution in [-0.4, -0.2) is 38.9 Å². The highest BCUT2D eigenvalue weighted by Crippen LogP contribution is 2.53. The number of fused-ring (bicyclic) bond motifs is 2. The third-order valence-electron chi connectivity index (χ3n) is 6.02. The van der Waals surface area contributed by atoms with Crippen molar-refractivity contribution in [3.63, 3.8) is 0 Å². The van der Waals surface area contributed by atoms with Crippen LogP contribution >= 0.6 is 0 Å². The third kappa shape index (κ3) is 2.50. The van der Waals surface area contributed by atoms with Crippen LogP contribution in [0.4, 0.5) is 14.5 Å². The van der Waals surface area contributed by atoms with Gasteiger partial charge in [0.05, 0.1) is 29.5 Å². The molecule has 4 atom stereocenters. The first-order chi connectivity index (χ1) is 13.2. The summed E-state index contributed by atoms with van der Waals surface area (Å²) in [7, 11) is -3.67. The molecule has 1 aromatic rings. The number of ketones is 1. The Bertz CT molecular complexity index is 992. The molecule has 2 bridgehead atoms. The molecular formula is C18H17F2NO6S. The average molecular weight is 413 g/mol. The van der Waals surface area contributed by atoms with Crippen LogP contribution in [-0.2, 0) is 24.2 Å². The molecule has 0 unspecified atom stereocenters. The van der Waals surface area contributed by atoms with Gasteiger partial charge in [-0.25, -0.2) is 13.3 Å². The largest absolute Gasteiger partial charge is 0.495 e. The lowest BCUT2D eigenvalue weighted by Gasteiger charge is -2.41. The fourth-order valence-corrected chi connectivity index (χ4v) is 5.49. The molecule has 4 aliphatic rings. The van der Waals surface area contributed by atoms with E-state index in [0.717, 1.165) is 23.1 Å². The van der Waals surface area contributed by atoms with Crippen LogP contribution in [0.2, 0.25) is 0 Å². The van der Waals surface area contributed by atoms with Gasteiger partial charge in [0, 0.05) is 12.3 Å². The first kappa shape index (κ1) is 19.0. The average Bonchev–Trinajstić information content (AvgIpc) is 2.93. The van der Waals surface area contributed by atoms with Gasteiger partial charge in [-0.15, -0.1) is 0 Å². The summed E-state index contributed by atoms with van der Waals surface area (Å²) in [6.07, 6.45) is 1.45. The van der Waals surface area contributed by atoms with Crippen molar-refractivity contribution in [2.24, 2.45) is 23.7 Å². The molecule has 1 aromatic carbocycles. The monoisotopic (exact) mass is 413 g/mol. The number of amides is 2. The van der Waals surface area contributed by atoms with Gasteiger partial charge < -0.3 is 4.74 Å². The van der Waals surface area contributed by atoms with Crippen molar-refractivity contribution in [1.29, 1.82) is 0 Å². The van der Waals surface area contributed by atoms with Crippen LogP contribution < -0.4 is 9.64 Å². The number of hydrogen-bond donors (Lipinski definition) is 0. The Morgan fingerprint density at radius 3 is 2.39 bits per heavy atom. The first-order valence-electron chi connectivity index (χ1n) is 8.79. The number of carbonyl (C=O) groups is 3. The molecule has 150 valence electrons. The predicted molar refractivity (Wildman–Crippen MR) is 91.5 cm³/mol. The summed E-state index contributed by atoms with van der Waals surface area (Å²) < 4.78 is 54.7. The van der Waals surface area contributed by atoms with Crippen LogP contribution in [0.15, 0.2) is 23.1 Å². The molecule has 28 heavy (non-hydrogen) atoms. The minimum Gasteiger partial charge on any atom is -0.495 e. The zero-order valence-electron chi connectivity index (χ0n) is 14.8. The van der Waals surface area contributed by atoms with Crippen LogP contribution in [0.25, 0.3) is 0 Å². The molecule has 1 aliphatic heterocycles. The lowest BCUT2D eigenvalue weighted by Crippen LogP contribution is -2.46. The molecule has 3 aliphatic carbocycles. The topological polar surface area (TPSA) is 97.8 Å². The molecule has 2 amide bonds. The van der Waals surface area contributed by atoms with Crippen molar-refractivity contribution in [3.8, 4) is 5.75 Å². The van der Waals surface area contributed by atoms with Crippen molar-refractivity contribution in [2.45, 2.75) is 29.9 Å². The lowest BCUT2D eigenvalue weighted by atomic mass is 9.59. The van der Waals surface area contributed by atoms with Gasteiger partial charge in [-0.2, -0.15) is 8.78 Å². The SMILES string of the molecule is COc1ccc(S(=O)(=O)C(F)F)cc1N1C(=O)[C@H]2[C@@H]3CC[C@@H](C(=O)C3)[C@H]2C1=O. The highest BCUT2D eigenvalue weighted by Gasteiger charge is 2.61. The number of carbonyl (C=O) groups excluding carboxylic acids is 3. The Hall–Kier alpha value is -2.36. The van der Waals surface area contributed by atoms with E-state index < -0.39 is 50.1 Å². The number of hydrogen-bond acceptors (Lipinski definition) is 6. The van der Waals surface area contributed by atoms with Gasteiger partial charge in [0.2, 0.25) is 21.7 Å². The van der Waals surface area contributed by atoms with E-state index in [0.29, 0.717) is 12.8 Å². The Kier molecular flexibility index (Phi) is 4.29. The standard InChI is InChI=1S/C18H17F2NO6S/c1-27-13-5-3-9(28(25,26)18(19)20)7-11(13)21-16(23)14-8-2-4-10(12(22)6-8)15(14)17(21)24/h3,5,7-8,10,14-15,18H,2,4,6H2,1H3/t8-,10+,14+,15-/m1/s1. The summed E-state index contributed by atoms with van der Waals surface area (Å²) in [4.78, 5) is 38.4. The Morgan fingerprint density at radius 2 is 1.79 bits per heavy atom. The molecule has 5 rings (SSSR count). The van der Waals surface area contributed by atoms with E-state index in [4.69, 9.17) is 4.74 Å². The van der Waals surface area contributed by atoms with E-state index in [1.54, 1.807) is 0 Å². The van der Waals surface area contributed by atoms with E-state index in [1.165, 1.54) is 7.11 Å². The molecule has 1 heterocycles. The second kappa shape index (κ2) is 6.33. The predicted octanol–water partition coefficient (Wildman–Crippen LogP) is 1.80. The number of imide groups is 1. The van der Waals surface area contributed by atoms with Gasteiger partial charge >= 0.3 is 5.76 Å². The van der Waals surface area contributed by atoms with E-state index >= 15 is 0 Å². The van der Waals surface area contributed by atoms with Crippen molar-refractivity contribution in [3.05, 3.63) is 18.2 Å². The molecule has 10 heteroatoms. The van der Waals surface area contributed by atoms with Gasteiger partial charge in [0.15, 0.2) is 0 Å². The Morgan fingerprint density at radius 1 is 1.11 bits per heavy atom. The Labute approximate surface area is 159 Å². The van der Waals surface area contributed by atoms with Gasteiger partial charge in [-0.1, -0.05) is 0 Å².